The molecule has 0 spiro atoms. The third kappa shape index (κ3) is 2.66. The Labute approximate surface area is 97.2 Å². The average Bonchev–Trinajstić information content (AvgIpc) is 2.81. The van der Waals surface area contributed by atoms with Gasteiger partial charge >= 0.3 is 0 Å². The number of rotatable bonds is 5. The Balaban J connectivity index is 1.81. The van der Waals surface area contributed by atoms with Crippen LogP contribution in [-0.4, -0.2) is 27.9 Å². The monoisotopic (exact) mass is 245 g/mol. The highest BCUT2D eigenvalue weighted by atomic mass is 35.5. The number of aromatic nitrogens is 2. The molecule has 0 radical (unpaired) electrons. The first-order chi connectivity index (χ1) is 7.26. The van der Waals surface area contributed by atoms with Crippen LogP contribution in [0.1, 0.15) is 28.9 Å². The minimum atomic E-state index is -0.0779. The normalized spacial score (nSPS) is 17.4. The number of carbonyl (C=O) groups excluding carboxylic acids is 1. The van der Waals surface area contributed by atoms with Crippen LogP contribution in [-0.2, 0) is 0 Å². The van der Waals surface area contributed by atoms with Gasteiger partial charge in [-0.15, -0.1) is 16.7 Å². The van der Waals surface area contributed by atoms with E-state index in [0.29, 0.717) is 10.8 Å². The van der Waals surface area contributed by atoms with Crippen molar-refractivity contribution in [1.29, 1.82) is 0 Å². The van der Waals surface area contributed by atoms with E-state index in [-0.39, 0.29) is 11.3 Å². The highest BCUT2D eigenvalue weighted by Crippen LogP contribution is 2.48. The number of carbonyl (C=O) groups is 1. The Bertz CT molecular complexity index is 337. The number of hydrogen-bond acceptors (Lipinski definition) is 4. The summed E-state index contributed by atoms with van der Waals surface area (Å²) in [7, 11) is 0. The molecule has 0 saturated heterocycles. The Kier molecular flexibility index (Phi) is 3.21. The molecule has 1 amide bonds. The lowest BCUT2D eigenvalue weighted by Crippen LogP contribution is -2.29. The van der Waals surface area contributed by atoms with Crippen LogP contribution in [0.3, 0.4) is 0 Å². The van der Waals surface area contributed by atoms with Gasteiger partial charge in [0.05, 0.1) is 6.20 Å². The van der Waals surface area contributed by atoms with Crippen molar-refractivity contribution < 1.29 is 4.79 Å². The highest BCUT2D eigenvalue weighted by molar-refractivity contribution is 7.07. The van der Waals surface area contributed by atoms with Crippen molar-refractivity contribution in [2.45, 2.75) is 19.3 Å². The molecular formula is C9H12ClN3OS. The first-order valence-corrected chi connectivity index (χ1v) is 6.18. The second-order valence-electron chi connectivity index (χ2n) is 3.90. The van der Waals surface area contributed by atoms with Crippen molar-refractivity contribution in [3.63, 3.8) is 0 Å². The first kappa shape index (κ1) is 10.8. The lowest BCUT2D eigenvalue weighted by atomic mass is 10.0. The molecular weight excluding hydrogens is 234 g/mol. The summed E-state index contributed by atoms with van der Waals surface area (Å²) in [5.74, 6) is 0.587. The van der Waals surface area contributed by atoms with Gasteiger partial charge in [-0.2, -0.15) is 0 Å². The van der Waals surface area contributed by atoms with Crippen LogP contribution >= 0.6 is 23.1 Å². The largest absolute Gasteiger partial charge is 0.351 e. The maximum atomic E-state index is 11.6. The van der Waals surface area contributed by atoms with Gasteiger partial charge in [0.15, 0.2) is 0 Å². The SMILES string of the molecule is O=C(NCC1(CCCl)CC1)c1cnns1. The van der Waals surface area contributed by atoms with Crippen molar-refractivity contribution in [1.82, 2.24) is 14.9 Å². The number of amides is 1. The average molecular weight is 246 g/mol. The van der Waals surface area contributed by atoms with Gasteiger partial charge in [-0.05, 0) is 36.2 Å². The van der Waals surface area contributed by atoms with Crippen molar-refractivity contribution >= 4 is 29.0 Å². The molecule has 15 heavy (non-hydrogen) atoms. The van der Waals surface area contributed by atoms with E-state index in [1.54, 1.807) is 0 Å². The number of nitrogens with one attached hydrogen (secondary N) is 1. The van der Waals surface area contributed by atoms with E-state index in [4.69, 9.17) is 11.6 Å². The number of hydrogen-bond donors (Lipinski definition) is 1. The van der Waals surface area contributed by atoms with Gasteiger partial charge in [0.25, 0.3) is 5.91 Å². The lowest BCUT2D eigenvalue weighted by molar-refractivity contribution is 0.0948. The molecule has 1 aromatic rings. The molecule has 0 atom stereocenters. The quantitative estimate of drug-likeness (QED) is 0.803. The topological polar surface area (TPSA) is 54.9 Å². The molecule has 2 rings (SSSR count). The fourth-order valence-electron chi connectivity index (χ4n) is 1.51. The van der Waals surface area contributed by atoms with Crippen LogP contribution in [0, 0.1) is 5.41 Å². The van der Waals surface area contributed by atoms with Gasteiger partial charge in [0.1, 0.15) is 4.88 Å². The molecule has 1 fully saturated rings. The van der Waals surface area contributed by atoms with E-state index in [1.807, 2.05) is 0 Å². The number of nitrogens with zero attached hydrogens (tertiary/aromatic N) is 2. The molecule has 1 N–H and O–H groups in total. The molecule has 0 aliphatic heterocycles. The van der Waals surface area contributed by atoms with Gasteiger partial charge in [0.2, 0.25) is 0 Å². The lowest BCUT2D eigenvalue weighted by Gasteiger charge is -2.13. The predicted octanol–water partition coefficient (Wildman–Crippen LogP) is 1.68. The van der Waals surface area contributed by atoms with E-state index in [9.17, 15) is 4.79 Å². The zero-order chi connectivity index (χ0) is 10.7. The molecule has 1 saturated carbocycles. The smallest absolute Gasteiger partial charge is 0.264 e. The summed E-state index contributed by atoms with van der Waals surface area (Å²) in [6.07, 6.45) is 4.80. The van der Waals surface area contributed by atoms with Gasteiger partial charge in [-0.1, -0.05) is 4.49 Å². The molecule has 1 aliphatic carbocycles. The van der Waals surface area contributed by atoms with E-state index in [0.717, 1.165) is 24.5 Å². The zero-order valence-electron chi connectivity index (χ0n) is 8.20. The molecule has 0 bridgehead atoms. The number of halogens is 1. The number of alkyl halides is 1. The summed E-state index contributed by atoms with van der Waals surface area (Å²) in [4.78, 5) is 12.1. The fourth-order valence-corrected chi connectivity index (χ4v) is 2.35. The van der Waals surface area contributed by atoms with E-state index in [1.165, 1.54) is 19.0 Å². The van der Waals surface area contributed by atoms with Crippen LogP contribution in [0.4, 0.5) is 0 Å². The van der Waals surface area contributed by atoms with Crippen LogP contribution in [0.25, 0.3) is 0 Å². The van der Waals surface area contributed by atoms with Crippen molar-refractivity contribution in [3.05, 3.63) is 11.1 Å². The molecule has 0 aromatic carbocycles. The molecule has 82 valence electrons. The summed E-state index contributed by atoms with van der Waals surface area (Å²) in [6, 6.07) is 0. The van der Waals surface area contributed by atoms with Crippen LogP contribution in [0.2, 0.25) is 0 Å². The summed E-state index contributed by atoms with van der Waals surface area (Å²) >= 11 is 6.83. The second kappa shape index (κ2) is 4.45. The summed E-state index contributed by atoms with van der Waals surface area (Å²) in [6.45, 7) is 0.719. The van der Waals surface area contributed by atoms with Crippen LogP contribution in [0.15, 0.2) is 6.20 Å². The second-order valence-corrected chi connectivity index (χ2v) is 5.07. The van der Waals surface area contributed by atoms with E-state index >= 15 is 0 Å². The Morgan fingerprint density at radius 2 is 2.47 bits per heavy atom. The minimum absolute atomic E-state index is 0.0779. The molecule has 0 unspecified atom stereocenters. The minimum Gasteiger partial charge on any atom is -0.351 e. The molecule has 1 aliphatic rings. The van der Waals surface area contributed by atoms with Crippen molar-refractivity contribution in [2.24, 2.45) is 5.41 Å². The maximum Gasteiger partial charge on any atom is 0.264 e. The summed E-state index contributed by atoms with van der Waals surface area (Å²) in [5.41, 5.74) is 0.273. The molecule has 4 nitrogen and oxygen atoms in total. The highest BCUT2D eigenvalue weighted by Gasteiger charge is 2.41. The van der Waals surface area contributed by atoms with Crippen LogP contribution < -0.4 is 5.32 Å². The molecule has 1 heterocycles. The third-order valence-electron chi connectivity index (χ3n) is 2.79. The Hall–Kier alpha value is -0.680. The van der Waals surface area contributed by atoms with Crippen molar-refractivity contribution in [3.8, 4) is 0 Å². The standard InChI is InChI=1S/C9H12ClN3OS/c10-4-3-9(1-2-9)6-11-8(14)7-5-12-13-15-7/h5H,1-4,6H2,(H,11,14). The molecule has 6 heteroatoms. The third-order valence-corrected chi connectivity index (χ3v) is 3.64. The van der Waals surface area contributed by atoms with Gasteiger partial charge in [0, 0.05) is 12.4 Å². The summed E-state index contributed by atoms with van der Waals surface area (Å²) in [5, 5.41) is 6.53. The van der Waals surface area contributed by atoms with Crippen molar-refractivity contribution in [2.75, 3.05) is 12.4 Å². The first-order valence-electron chi connectivity index (χ1n) is 4.87. The van der Waals surface area contributed by atoms with E-state index in [2.05, 4.69) is 14.9 Å². The fraction of sp³-hybridized carbons (Fsp3) is 0.667. The van der Waals surface area contributed by atoms with Gasteiger partial charge in [-0.3, -0.25) is 4.79 Å². The molecule has 1 aromatic heterocycles. The zero-order valence-corrected chi connectivity index (χ0v) is 9.77. The summed E-state index contributed by atoms with van der Waals surface area (Å²) < 4.78 is 3.65. The van der Waals surface area contributed by atoms with E-state index < -0.39 is 0 Å². The maximum absolute atomic E-state index is 11.6. The Morgan fingerprint density at radius 3 is 3.00 bits per heavy atom. The van der Waals surface area contributed by atoms with Gasteiger partial charge in [-0.25, -0.2) is 0 Å². The Morgan fingerprint density at radius 1 is 1.67 bits per heavy atom. The predicted molar refractivity (Wildman–Crippen MR) is 59.2 cm³/mol. The van der Waals surface area contributed by atoms with Gasteiger partial charge < -0.3 is 5.32 Å². The van der Waals surface area contributed by atoms with Crippen LogP contribution in [0.5, 0.6) is 0 Å².